The lowest BCUT2D eigenvalue weighted by Gasteiger charge is -2.27. The van der Waals surface area contributed by atoms with Crippen molar-refractivity contribution >= 4 is 16.7 Å². The van der Waals surface area contributed by atoms with Crippen molar-refractivity contribution in [3.8, 4) is 5.75 Å². The van der Waals surface area contributed by atoms with Crippen LogP contribution in [-0.2, 0) is 12.8 Å². The number of allylic oxidation sites excluding steroid dienone is 2. The Bertz CT molecular complexity index is 1200. The Morgan fingerprint density at radius 1 is 1.03 bits per heavy atom. The number of aryl methyl sites for hydroxylation is 1. The van der Waals surface area contributed by atoms with E-state index in [9.17, 15) is 4.79 Å². The first-order valence-electron chi connectivity index (χ1n) is 13.5. The maximum atomic E-state index is 13.4. The van der Waals surface area contributed by atoms with Gasteiger partial charge >= 0.3 is 5.97 Å². The smallest absolute Gasteiger partial charge is 0.343 e. The molecule has 0 saturated carbocycles. The van der Waals surface area contributed by atoms with Crippen molar-refractivity contribution in [1.82, 2.24) is 0 Å². The van der Waals surface area contributed by atoms with Gasteiger partial charge in [0.25, 0.3) is 0 Å². The summed E-state index contributed by atoms with van der Waals surface area (Å²) < 4.78 is 6.28. The molecule has 0 heterocycles. The van der Waals surface area contributed by atoms with Crippen molar-refractivity contribution in [2.75, 3.05) is 0 Å². The van der Waals surface area contributed by atoms with Crippen LogP contribution in [0.15, 0.2) is 66.2 Å². The Kier molecular flexibility index (Phi) is 8.44. The third kappa shape index (κ3) is 6.42. The highest BCUT2D eigenvalue weighted by Gasteiger charge is 2.25. The van der Waals surface area contributed by atoms with Crippen LogP contribution in [0, 0.1) is 5.92 Å². The minimum absolute atomic E-state index is 0.263. The van der Waals surface area contributed by atoms with Gasteiger partial charge in [-0.15, -0.1) is 0 Å². The largest absolute Gasteiger partial charge is 0.423 e. The quantitative estimate of drug-likeness (QED) is 0.135. The SMILES string of the molecule is CCCCCc1cc(CC(C)C)c([C@H]2CCC=C(C)C2)c(OC(=O)c2ccc3ccccc3c2)c1. The van der Waals surface area contributed by atoms with Crippen molar-refractivity contribution in [2.24, 2.45) is 5.92 Å². The zero-order valence-corrected chi connectivity index (χ0v) is 21.9. The minimum atomic E-state index is -0.263. The second-order valence-electron chi connectivity index (χ2n) is 10.7. The molecule has 35 heavy (non-hydrogen) atoms. The number of fused-ring (bicyclic) bond motifs is 1. The Morgan fingerprint density at radius 2 is 1.83 bits per heavy atom. The molecule has 2 nitrogen and oxygen atoms in total. The molecule has 1 atom stereocenters. The van der Waals surface area contributed by atoms with Gasteiger partial charge in [-0.1, -0.05) is 81.7 Å². The fourth-order valence-corrected chi connectivity index (χ4v) is 5.45. The zero-order valence-electron chi connectivity index (χ0n) is 21.9. The number of ether oxygens (including phenoxy) is 1. The van der Waals surface area contributed by atoms with Crippen LogP contribution in [-0.4, -0.2) is 5.97 Å². The maximum Gasteiger partial charge on any atom is 0.343 e. The molecule has 0 saturated heterocycles. The zero-order chi connectivity index (χ0) is 24.8. The van der Waals surface area contributed by atoms with Crippen LogP contribution in [0.3, 0.4) is 0 Å². The van der Waals surface area contributed by atoms with Crippen LogP contribution < -0.4 is 4.74 Å². The second-order valence-corrected chi connectivity index (χ2v) is 10.7. The molecule has 1 aliphatic rings. The van der Waals surface area contributed by atoms with Crippen LogP contribution in [0.25, 0.3) is 10.8 Å². The van der Waals surface area contributed by atoms with Crippen LogP contribution >= 0.6 is 0 Å². The van der Waals surface area contributed by atoms with Crippen molar-refractivity contribution < 1.29 is 9.53 Å². The monoisotopic (exact) mass is 468 g/mol. The molecule has 3 aromatic carbocycles. The first kappa shape index (κ1) is 25.2. The van der Waals surface area contributed by atoms with Crippen molar-refractivity contribution in [3.05, 3.63) is 88.5 Å². The highest BCUT2D eigenvalue weighted by atomic mass is 16.5. The Morgan fingerprint density at radius 3 is 2.57 bits per heavy atom. The summed E-state index contributed by atoms with van der Waals surface area (Å²) in [6.45, 7) is 9.03. The molecule has 0 amide bonds. The number of esters is 1. The van der Waals surface area contributed by atoms with Gasteiger partial charge in [0.1, 0.15) is 5.75 Å². The topological polar surface area (TPSA) is 26.3 Å². The van der Waals surface area contributed by atoms with Gasteiger partial charge in [0, 0.05) is 5.56 Å². The number of hydrogen-bond acceptors (Lipinski definition) is 2. The average Bonchev–Trinajstić information content (AvgIpc) is 2.83. The van der Waals surface area contributed by atoms with E-state index in [2.05, 4.69) is 52.0 Å². The van der Waals surface area contributed by atoms with Crippen molar-refractivity contribution in [3.63, 3.8) is 0 Å². The molecule has 0 aliphatic heterocycles. The predicted molar refractivity (Wildman–Crippen MR) is 147 cm³/mol. The lowest BCUT2D eigenvalue weighted by Crippen LogP contribution is -2.15. The van der Waals surface area contributed by atoms with Gasteiger partial charge in [0.05, 0.1) is 5.56 Å². The molecule has 0 bridgehead atoms. The third-order valence-corrected chi connectivity index (χ3v) is 7.16. The fraction of sp³-hybridized carbons (Fsp3) is 0.424. The van der Waals surface area contributed by atoms with Gasteiger partial charge in [-0.05, 0) is 97.4 Å². The normalized spacial score (nSPS) is 15.9. The first-order chi connectivity index (χ1) is 16.9. The van der Waals surface area contributed by atoms with Gasteiger partial charge in [0.2, 0.25) is 0 Å². The van der Waals surface area contributed by atoms with Gasteiger partial charge in [-0.2, -0.15) is 0 Å². The molecular weight excluding hydrogens is 428 g/mol. The van der Waals surface area contributed by atoms with Crippen LogP contribution in [0.5, 0.6) is 5.75 Å². The summed E-state index contributed by atoms with van der Waals surface area (Å²) in [5.74, 6) is 1.47. The number of hydrogen-bond donors (Lipinski definition) is 0. The first-order valence-corrected chi connectivity index (χ1v) is 13.5. The van der Waals surface area contributed by atoms with Gasteiger partial charge in [0.15, 0.2) is 0 Å². The van der Waals surface area contributed by atoms with Crippen molar-refractivity contribution in [2.45, 2.75) is 85.0 Å². The maximum absolute atomic E-state index is 13.4. The Balaban J connectivity index is 1.74. The second kappa shape index (κ2) is 11.7. The van der Waals surface area contributed by atoms with Crippen LogP contribution in [0.1, 0.15) is 99.2 Å². The molecule has 2 heteroatoms. The summed E-state index contributed by atoms with van der Waals surface area (Å²) in [4.78, 5) is 13.4. The minimum Gasteiger partial charge on any atom is -0.423 e. The molecule has 0 fully saturated rings. The number of carbonyl (C=O) groups is 1. The molecule has 0 aromatic heterocycles. The summed E-state index contributed by atoms with van der Waals surface area (Å²) in [6.07, 6.45) is 11.2. The van der Waals surface area contributed by atoms with E-state index in [4.69, 9.17) is 4.74 Å². The Hall–Kier alpha value is -2.87. The predicted octanol–water partition coefficient (Wildman–Crippen LogP) is 9.20. The molecule has 1 aliphatic carbocycles. The van der Waals surface area contributed by atoms with Gasteiger partial charge in [-0.25, -0.2) is 4.79 Å². The highest BCUT2D eigenvalue weighted by molar-refractivity contribution is 5.96. The van der Waals surface area contributed by atoms with Crippen LogP contribution in [0.4, 0.5) is 0 Å². The highest BCUT2D eigenvalue weighted by Crippen LogP contribution is 2.41. The van der Waals surface area contributed by atoms with Crippen LogP contribution in [0.2, 0.25) is 0 Å². The van der Waals surface area contributed by atoms with Crippen molar-refractivity contribution in [1.29, 1.82) is 0 Å². The summed E-state index contributed by atoms with van der Waals surface area (Å²) >= 11 is 0. The number of rotatable bonds is 9. The van der Waals surface area contributed by atoms with E-state index in [0.29, 0.717) is 17.4 Å². The van der Waals surface area contributed by atoms with E-state index in [1.54, 1.807) is 0 Å². The fourth-order valence-electron chi connectivity index (χ4n) is 5.45. The van der Waals surface area contributed by atoms with E-state index in [1.165, 1.54) is 41.5 Å². The summed E-state index contributed by atoms with van der Waals surface area (Å²) in [5, 5.41) is 2.19. The van der Waals surface area contributed by atoms with Gasteiger partial charge < -0.3 is 4.74 Å². The average molecular weight is 469 g/mol. The van der Waals surface area contributed by atoms with E-state index >= 15 is 0 Å². The number of carbonyl (C=O) groups excluding carboxylic acids is 1. The summed E-state index contributed by atoms with van der Waals surface area (Å²) in [6, 6.07) is 18.6. The molecule has 4 rings (SSSR count). The Labute approximate surface area is 211 Å². The van der Waals surface area contributed by atoms with E-state index in [-0.39, 0.29) is 5.97 Å². The molecule has 0 N–H and O–H groups in total. The van der Waals surface area contributed by atoms with E-state index < -0.39 is 0 Å². The number of benzene rings is 3. The summed E-state index contributed by atoms with van der Waals surface area (Å²) in [7, 11) is 0. The van der Waals surface area contributed by atoms with E-state index in [1.807, 2.05) is 36.4 Å². The summed E-state index contributed by atoms with van der Waals surface area (Å²) in [5.41, 5.74) is 5.98. The lowest BCUT2D eigenvalue weighted by molar-refractivity contribution is 0.0732. The van der Waals surface area contributed by atoms with Gasteiger partial charge in [-0.3, -0.25) is 0 Å². The molecular formula is C33H40O2. The number of unbranched alkanes of at least 4 members (excludes halogenated alkanes) is 2. The third-order valence-electron chi connectivity index (χ3n) is 7.16. The lowest BCUT2D eigenvalue weighted by atomic mass is 9.79. The molecule has 184 valence electrons. The molecule has 0 radical (unpaired) electrons. The molecule has 0 unspecified atom stereocenters. The molecule has 3 aromatic rings. The van der Waals surface area contributed by atoms with E-state index in [0.717, 1.165) is 48.6 Å². The molecule has 0 spiro atoms. The standard InChI is InChI=1S/C33H40O2/c1-5-6-7-12-25-20-30(18-23(2)3)32(28-15-10-11-24(4)19-28)31(21-25)35-33(34)29-17-16-26-13-8-9-14-27(26)22-29/h8-9,11,13-14,16-17,20-23,28H,5-7,10,12,15,18-19H2,1-4H3/t28-/m0/s1.